The van der Waals surface area contributed by atoms with Gasteiger partial charge in [-0.25, -0.2) is 0 Å². The fourth-order valence-electron chi connectivity index (χ4n) is 1.97. The first-order valence-electron chi connectivity index (χ1n) is 6.91. The van der Waals surface area contributed by atoms with Crippen LogP contribution in [0.2, 0.25) is 0 Å². The zero-order valence-corrected chi connectivity index (χ0v) is 12.6. The number of amides is 2. The smallest absolute Gasteiger partial charge is 0.262 e. The summed E-state index contributed by atoms with van der Waals surface area (Å²) in [6, 6.07) is 14.3. The van der Waals surface area contributed by atoms with Gasteiger partial charge in [-0.1, -0.05) is 30.3 Å². The second kappa shape index (κ2) is 7.26. The van der Waals surface area contributed by atoms with Crippen molar-refractivity contribution in [1.29, 1.82) is 0 Å². The summed E-state index contributed by atoms with van der Waals surface area (Å²) < 4.78 is 5.48. The average Bonchev–Trinajstić information content (AvgIpc) is 2.54. The lowest BCUT2D eigenvalue weighted by Crippen LogP contribution is -2.24. The molecule has 2 N–H and O–H groups in total. The van der Waals surface area contributed by atoms with Crippen molar-refractivity contribution in [3.63, 3.8) is 0 Å². The molecule has 5 nitrogen and oxygen atoms in total. The van der Waals surface area contributed by atoms with Gasteiger partial charge in [0, 0.05) is 7.05 Å². The summed E-state index contributed by atoms with van der Waals surface area (Å²) in [5.74, 6) is 0.0903. The number of para-hydroxylation sites is 2. The Morgan fingerprint density at radius 1 is 1.05 bits per heavy atom. The van der Waals surface area contributed by atoms with Crippen LogP contribution >= 0.6 is 0 Å². The van der Waals surface area contributed by atoms with Crippen LogP contribution in [0.4, 0.5) is 5.69 Å². The summed E-state index contributed by atoms with van der Waals surface area (Å²) in [7, 11) is 1.54. The molecule has 114 valence electrons. The Bertz CT molecular complexity index is 683. The van der Waals surface area contributed by atoms with E-state index in [2.05, 4.69) is 10.6 Å². The number of nitrogens with one attached hydrogen (secondary N) is 2. The molecule has 5 heteroatoms. The van der Waals surface area contributed by atoms with Crippen molar-refractivity contribution in [2.75, 3.05) is 19.0 Å². The van der Waals surface area contributed by atoms with Gasteiger partial charge in [0.15, 0.2) is 6.61 Å². The van der Waals surface area contributed by atoms with Crippen LogP contribution in [0.25, 0.3) is 0 Å². The maximum atomic E-state index is 12.0. The maximum Gasteiger partial charge on any atom is 0.262 e. The van der Waals surface area contributed by atoms with Crippen LogP contribution in [0, 0.1) is 6.92 Å². The molecule has 0 radical (unpaired) electrons. The van der Waals surface area contributed by atoms with E-state index < -0.39 is 0 Å². The number of benzene rings is 2. The predicted octanol–water partition coefficient (Wildman–Crippen LogP) is 2.37. The number of carbonyl (C=O) groups excluding carboxylic acids is 2. The molecule has 0 fully saturated rings. The highest BCUT2D eigenvalue weighted by molar-refractivity contribution is 6.03. The van der Waals surface area contributed by atoms with Gasteiger partial charge in [0.2, 0.25) is 0 Å². The van der Waals surface area contributed by atoms with E-state index in [9.17, 15) is 9.59 Å². The Morgan fingerprint density at radius 2 is 1.73 bits per heavy atom. The number of aryl methyl sites for hydroxylation is 1. The van der Waals surface area contributed by atoms with Crippen molar-refractivity contribution in [3.05, 3.63) is 59.7 Å². The molecule has 0 atom stereocenters. The number of carbonyl (C=O) groups is 2. The minimum Gasteiger partial charge on any atom is -0.483 e. The largest absolute Gasteiger partial charge is 0.483 e. The van der Waals surface area contributed by atoms with Gasteiger partial charge in [-0.05, 0) is 30.7 Å². The molecule has 2 amide bonds. The molecule has 0 saturated heterocycles. The zero-order chi connectivity index (χ0) is 15.9. The Hall–Kier alpha value is -2.82. The van der Waals surface area contributed by atoms with Gasteiger partial charge in [0.05, 0.1) is 11.3 Å². The summed E-state index contributed by atoms with van der Waals surface area (Å²) in [5.41, 5.74) is 1.83. The Balaban J connectivity index is 2.01. The maximum absolute atomic E-state index is 12.0. The second-order valence-electron chi connectivity index (χ2n) is 4.73. The van der Waals surface area contributed by atoms with E-state index >= 15 is 0 Å². The molecular weight excluding hydrogens is 280 g/mol. The van der Waals surface area contributed by atoms with E-state index in [0.29, 0.717) is 17.0 Å². The van der Waals surface area contributed by atoms with Crippen LogP contribution in [-0.4, -0.2) is 25.5 Å². The van der Waals surface area contributed by atoms with E-state index in [4.69, 9.17) is 4.74 Å². The summed E-state index contributed by atoms with van der Waals surface area (Å²) in [6.45, 7) is 1.79. The topological polar surface area (TPSA) is 67.4 Å². The molecule has 0 aromatic heterocycles. The van der Waals surface area contributed by atoms with Crippen molar-refractivity contribution in [1.82, 2.24) is 5.32 Å². The Kier molecular flexibility index (Phi) is 5.14. The summed E-state index contributed by atoms with van der Waals surface area (Å²) >= 11 is 0. The third kappa shape index (κ3) is 3.85. The minimum atomic E-state index is -0.320. The molecule has 0 spiro atoms. The number of rotatable bonds is 5. The van der Waals surface area contributed by atoms with Gasteiger partial charge >= 0.3 is 0 Å². The lowest BCUT2D eigenvalue weighted by atomic mass is 10.1. The number of anilines is 1. The highest BCUT2D eigenvalue weighted by atomic mass is 16.5. The first kappa shape index (κ1) is 15.6. The number of ether oxygens (including phenoxy) is 1. The highest BCUT2D eigenvalue weighted by Crippen LogP contribution is 2.17. The highest BCUT2D eigenvalue weighted by Gasteiger charge is 2.12. The molecule has 0 aliphatic carbocycles. The van der Waals surface area contributed by atoms with Crippen molar-refractivity contribution >= 4 is 17.5 Å². The fraction of sp³-hybridized carbons (Fsp3) is 0.176. The van der Waals surface area contributed by atoms with Crippen molar-refractivity contribution in [2.24, 2.45) is 0 Å². The summed E-state index contributed by atoms with van der Waals surface area (Å²) in [6.07, 6.45) is 0. The molecular formula is C17H18N2O3. The van der Waals surface area contributed by atoms with Crippen LogP contribution in [0.1, 0.15) is 15.9 Å². The van der Waals surface area contributed by atoms with Crippen molar-refractivity contribution in [2.45, 2.75) is 6.92 Å². The average molecular weight is 298 g/mol. The molecule has 0 saturated carbocycles. The SMILES string of the molecule is CNC(=O)c1ccccc1NC(=O)COc1ccccc1C. The van der Waals surface area contributed by atoms with Gasteiger partial charge in [0.25, 0.3) is 11.8 Å². The van der Waals surface area contributed by atoms with Gasteiger partial charge in [-0.2, -0.15) is 0 Å². The van der Waals surface area contributed by atoms with E-state index in [1.165, 1.54) is 0 Å². The van der Waals surface area contributed by atoms with Crippen LogP contribution in [0.5, 0.6) is 5.75 Å². The summed E-state index contributed by atoms with van der Waals surface area (Å²) in [4.78, 5) is 23.7. The molecule has 0 unspecified atom stereocenters. The van der Waals surface area contributed by atoms with Gasteiger partial charge in [-0.3, -0.25) is 9.59 Å². The number of hydrogen-bond acceptors (Lipinski definition) is 3. The van der Waals surface area contributed by atoms with E-state index in [1.807, 2.05) is 25.1 Å². The molecule has 2 rings (SSSR count). The molecule has 2 aromatic carbocycles. The van der Waals surface area contributed by atoms with Crippen LogP contribution in [0.15, 0.2) is 48.5 Å². The molecule has 0 aliphatic rings. The zero-order valence-electron chi connectivity index (χ0n) is 12.6. The third-order valence-corrected chi connectivity index (χ3v) is 3.13. The second-order valence-corrected chi connectivity index (χ2v) is 4.73. The molecule has 0 aliphatic heterocycles. The lowest BCUT2D eigenvalue weighted by Gasteiger charge is -2.11. The Morgan fingerprint density at radius 3 is 2.45 bits per heavy atom. The first-order valence-corrected chi connectivity index (χ1v) is 6.91. The quantitative estimate of drug-likeness (QED) is 0.890. The standard InChI is InChI=1S/C17H18N2O3/c1-12-7-3-6-10-15(12)22-11-16(20)19-14-9-5-4-8-13(14)17(21)18-2/h3-10H,11H2,1-2H3,(H,18,21)(H,19,20). The van der Waals surface area contributed by atoms with Gasteiger partial charge in [-0.15, -0.1) is 0 Å². The fourth-order valence-corrected chi connectivity index (χ4v) is 1.97. The first-order chi connectivity index (χ1) is 10.6. The van der Waals surface area contributed by atoms with E-state index in [-0.39, 0.29) is 18.4 Å². The lowest BCUT2D eigenvalue weighted by molar-refractivity contribution is -0.118. The predicted molar refractivity (Wildman–Crippen MR) is 85.1 cm³/mol. The van der Waals surface area contributed by atoms with E-state index in [1.54, 1.807) is 37.4 Å². The van der Waals surface area contributed by atoms with Crippen LogP contribution < -0.4 is 15.4 Å². The van der Waals surface area contributed by atoms with Gasteiger partial charge < -0.3 is 15.4 Å². The van der Waals surface area contributed by atoms with Crippen molar-refractivity contribution in [3.8, 4) is 5.75 Å². The van der Waals surface area contributed by atoms with Gasteiger partial charge in [0.1, 0.15) is 5.75 Å². The molecule has 0 heterocycles. The van der Waals surface area contributed by atoms with Crippen molar-refractivity contribution < 1.29 is 14.3 Å². The van der Waals surface area contributed by atoms with Crippen LogP contribution in [0.3, 0.4) is 0 Å². The molecule has 0 bridgehead atoms. The normalized spacial score (nSPS) is 9.91. The molecule has 22 heavy (non-hydrogen) atoms. The molecule has 2 aromatic rings. The van der Waals surface area contributed by atoms with E-state index in [0.717, 1.165) is 5.56 Å². The number of hydrogen-bond donors (Lipinski definition) is 2. The third-order valence-electron chi connectivity index (χ3n) is 3.13. The minimum absolute atomic E-state index is 0.118. The van der Waals surface area contributed by atoms with Crippen LogP contribution in [-0.2, 0) is 4.79 Å². The summed E-state index contributed by atoms with van der Waals surface area (Å²) in [5, 5.41) is 5.23. The Labute approximate surface area is 129 Å². The monoisotopic (exact) mass is 298 g/mol.